The number of hydrogen-bond acceptors (Lipinski definition) is 5. The predicted molar refractivity (Wildman–Crippen MR) is 77.9 cm³/mol. The highest BCUT2D eigenvalue weighted by molar-refractivity contribution is 5.84. The number of hydrogen-bond donors (Lipinski definition) is 2. The van der Waals surface area contributed by atoms with Crippen LogP contribution in [0.15, 0.2) is 28.4 Å². The molecule has 0 spiro atoms. The molecule has 4 N–H and O–H groups in total. The smallest absolute Gasteiger partial charge is 0.293 e. The zero-order valence-corrected chi connectivity index (χ0v) is 10.9. The molecular weight excluding hydrogens is 260 g/mol. The minimum atomic E-state index is -0.383. The van der Waals surface area contributed by atoms with E-state index < -0.39 is 0 Å². The largest absolute Gasteiger partial charge is 0.369 e. The molecule has 8 nitrogen and oxygen atoms in total. The van der Waals surface area contributed by atoms with Crippen molar-refractivity contribution in [3.8, 4) is 0 Å². The van der Waals surface area contributed by atoms with Crippen molar-refractivity contribution in [3.05, 3.63) is 33.9 Å². The van der Waals surface area contributed by atoms with Gasteiger partial charge in [-0.25, -0.2) is 0 Å². The van der Waals surface area contributed by atoms with Crippen molar-refractivity contribution in [1.82, 2.24) is 0 Å². The number of nitro groups is 1. The first-order valence-electron chi connectivity index (χ1n) is 6.23. The summed E-state index contributed by atoms with van der Waals surface area (Å²) in [5.41, 5.74) is 11.6. The summed E-state index contributed by atoms with van der Waals surface area (Å²) in [7, 11) is 0. The van der Waals surface area contributed by atoms with Gasteiger partial charge in [0.1, 0.15) is 5.69 Å². The van der Waals surface area contributed by atoms with Gasteiger partial charge < -0.3 is 16.4 Å². The highest BCUT2D eigenvalue weighted by Crippen LogP contribution is 2.31. The second-order valence-electron chi connectivity index (χ2n) is 4.47. The third kappa shape index (κ3) is 3.22. The first-order chi connectivity index (χ1) is 9.58. The lowest BCUT2D eigenvalue weighted by Crippen LogP contribution is -2.21. The quantitative estimate of drug-likeness (QED) is 0.364. The summed E-state index contributed by atoms with van der Waals surface area (Å²) in [6.45, 7) is 1.70. The van der Waals surface area contributed by atoms with E-state index in [0.29, 0.717) is 11.3 Å². The van der Waals surface area contributed by atoms with E-state index in [4.69, 9.17) is 11.5 Å². The van der Waals surface area contributed by atoms with E-state index in [0.717, 1.165) is 25.9 Å². The Bertz CT molecular complexity index is 559. The van der Waals surface area contributed by atoms with Gasteiger partial charge in [-0.1, -0.05) is 6.07 Å². The minimum Gasteiger partial charge on any atom is -0.369 e. The molecule has 0 amide bonds. The Kier molecular flexibility index (Phi) is 4.14. The molecule has 1 saturated heterocycles. The molecular formula is C12H16N6O2. The van der Waals surface area contributed by atoms with Crippen molar-refractivity contribution >= 4 is 23.5 Å². The SMILES string of the molecule is NC(N)=NN=Cc1ccc(N2CCCC2)c([N+](=O)[O-])c1. The van der Waals surface area contributed by atoms with Crippen molar-refractivity contribution in [2.45, 2.75) is 12.8 Å². The van der Waals surface area contributed by atoms with Gasteiger partial charge in [-0.15, -0.1) is 5.10 Å². The summed E-state index contributed by atoms with van der Waals surface area (Å²) in [5, 5.41) is 18.3. The zero-order valence-electron chi connectivity index (χ0n) is 10.9. The van der Waals surface area contributed by atoms with Crippen LogP contribution in [0.3, 0.4) is 0 Å². The van der Waals surface area contributed by atoms with Crippen molar-refractivity contribution in [1.29, 1.82) is 0 Å². The van der Waals surface area contributed by atoms with Crippen LogP contribution in [0, 0.1) is 10.1 Å². The van der Waals surface area contributed by atoms with Gasteiger partial charge >= 0.3 is 0 Å². The van der Waals surface area contributed by atoms with Gasteiger partial charge in [-0.3, -0.25) is 10.1 Å². The highest BCUT2D eigenvalue weighted by atomic mass is 16.6. The van der Waals surface area contributed by atoms with E-state index in [9.17, 15) is 10.1 Å². The molecule has 1 aromatic rings. The number of benzene rings is 1. The molecule has 0 atom stereocenters. The number of guanidine groups is 1. The number of nitro benzene ring substituents is 1. The Hall–Kier alpha value is -2.64. The standard InChI is InChI=1S/C12H16N6O2/c13-12(14)16-15-8-9-3-4-10(11(7-9)18(19)20)17-5-1-2-6-17/h3-4,7-8H,1-2,5-6H2,(H4,13,14,16). The van der Waals surface area contributed by atoms with E-state index in [1.54, 1.807) is 12.1 Å². The van der Waals surface area contributed by atoms with Gasteiger partial charge in [0, 0.05) is 24.7 Å². The molecule has 1 heterocycles. The van der Waals surface area contributed by atoms with Crippen LogP contribution in [0.5, 0.6) is 0 Å². The fraction of sp³-hybridized carbons (Fsp3) is 0.333. The van der Waals surface area contributed by atoms with Crippen LogP contribution in [0.2, 0.25) is 0 Å². The van der Waals surface area contributed by atoms with Crippen LogP contribution in [0.4, 0.5) is 11.4 Å². The maximum Gasteiger partial charge on any atom is 0.293 e. The number of anilines is 1. The fourth-order valence-electron chi connectivity index (χ4n) is 2.15. The molecule has 8 heteroatoms. The lowest BCUT2D eigenvalue weighted by Gasteiger charge is -2.17. The summed E-state index contributed by atoms with van der Waals surface area (Å²) >= 11 is 0. The van der Waals surface area contributed by atoms with Crippen LogP contribution in [-0.4, -0.2) is 30.2 Å². The zero-order chi connectivity index (χ0) is 14.5. The maximum absolute atomic E-state index is 11.2. The minimum absolute atomic E-state index is 0.0700. The predicted octanol–water partition coefficient (Wildman–Crippen LogP) is 0.802. The van der Waals surface area contributed by atoms with Crippen LogP contribution in [-0.2, 0) is 0 Å². The molecule has 1 aliphatic rings. The fourth-order valence-corrected chi connectivity index (χ4v) is 2.15. The molecule has 0 bridgehead atoms. The average molecular weight is 276 g/mol. The normalized spacial score (nSPS) is 14.7. The first-order valence-corrected chi connectivity index (χ1v) is 6.23. The van der Waals surface area contributed by atoms with E-state index in [1.165, 1.54) is 12.3 Å². The van der Waals surface area contributed by atoms with E-state index in [2.05, 4.69) is 10.2 Å². The van der Waals surface area contributed by atoms with Crippen molar-refractivity contribution in [2.75, 3.05) is 18.0 Å². The lowest BCUT2D eigenvalue weighted by atomic mass is 10.1. The molecule has 0 radical (unpaired) electrons. The number of nitrogens with two attached hydrogens (primary N) is 2. The van der Waals surface area contributed by atoms with E-state index in [1.807, 2.05) is 4.90 Å². The lowest BCUT2D eigenvalue weighted by molar-refractivity contribution is -0.384. The molecule has 20 heavy (non-hydrogen) atoms. The molecule has 0 unspecified atom stereocenters. The van der Waals surface area contributed by atoms with E-state index >= 15 is 0 Å². The van der Waals surface area contributed by atoms with Crippen LogP contribution < -0.4 is 16.4 Å². The third-order valence-electron chi connectivity index (χ3n) is 3.02. The van der Waals surface area contributed by atoms with Crippen molar-refractivity contribution in [3.63, 3.8) is 0 Å². The maximum atomic E-state index is 11.2. The van der Waals surface area contributed by atoms with Gasteiger partial charge in [0.05, 0.1) is 11.1 Å². The Morgan fingerprint density at radius 1 is 1.35 bits per heavy atom. The van der Waals surface area contributed by atoms with Gasteiger partial charge in [0.2, 0.25) is 5.96 Å². The third-order valence-corrected chi connectivity index (χ3v) is 3.02. The van der Waals surface area contributed by atoms with Gasteiger partial charge in [0.25, 0.3) is 5.69 Å². The first kappa shape index (κ1) is 13.8. The highest BCUT2D eigenvalue weighted by Gasteiger charge is 2.22. The summed E-state index contributed by atoms with van der Waals surface area (Å²) in [6.07, 6.45) is 3.50. The van der Waals surface area contributed by atoms with Gasteiger partial charge in [-0.2, -0.15) is 5.10 Å². The summed E-state index contributed by atoms with van der Waals surface area (Å²) in [5.74, 6) is -0.163. The van der Waals surface area contributed by atoms with Gasteiger partial charge in [-0.05, 0) is 18.9 Å². The summed E-state index contributed by atoms with van der Waals surface area (Å²) < 4.78 is 0. The molecule has 1 aliphatic heterocycles. The molecule has 106 valence electrons. The van der Waals surface area contributed by atoms with E-state index in [-0.39, 0.29) is 16.6 Å². The molecule has 0 saturated carbocycles. The molecule has 0 aliphatic carbocycles. The summed E-state index contributed by atoms with van der Waals surface area (Å²) in [4.78, 5) is 12.8. The van der Waals surface area contributed by atoms with Crippen molar-refractivity contribution < 1.29 is 4.92 Å². The topological polar surface area (TPSA) is 123 Å². The van der Waals surface area contributed by atoms with Gasteiger partial charge in [0.15, 0.2) is 0 Å². The van der Waals surface area contributed by atoms with Crippen molar-refractivity contribution in [2.24, 2.45) is 21.7 Å². The Morgan fingerprint density at radius 2 is 2.05 bits per heavy atom. The Morgan fingerprint density at radius 3 is 2.65 bits per heavy atom. The number of nitrogens with zero attached hydrogens (tertiary/aromatic N) is 4. The average Bonchev–Trinajstić information content (AvgIpc) is 2.92. The second-order valence-corrected chi connectivity index (χ2v) is 4.47. The van der Waals surface area contributed by atoms with Crippen LogP contribution in [0.1, 0.15) is 18.4 Å². The molecule has 2 rings (SSSR count). The molecule has 0 aromatic heterocycles. The Labute approximate surface area is 115 Å². The Balaban J connectivity index is 2.30. The summed E-state index contributed by atoms with van der Waals surface area (Å²) in [6, 6.07) is 4.96. The molecule has 1 aromatic carbocycles. The monoisotopic (exact) mass is 276 g/mol. The molecule has 1 fully saturated rings. The second kappa shape index (κ2) is 6.00. The number of rotatable bonds is 4. The van der Waals surface area contributed by atoms with Crippen LogP contribution in [0.25, 0.3) is 0 Å². The van der Waals surface area contributed by atoms with Crippen LogP contribution >= 0.6 is 0 Å².